The van der Waals surface area contributed by atoms with Gasteiger partial charge in [0.05, 0.1) is 12.1 Å². The van der Waals surface area contributed by atoms with Gasteiger partial charge in [-0.25, -0.2) is 9.07 Å². The van der Waals surface area contributed by atoms with Crippen LogP contribution in [-0.2, 0) is 20.9 Å². The Morgan fingerprint density at radius 3 is 2.49 bits per heavy atom. The Kier molecular flexibility index (Phi) is 7.47. The van der Waals surface area contributed by atoms with Crippen molar-refractivity contribution in [1.29, 1.82) is 0 Å². The Bertz CT molecular complexity index is 1300. The molecule has 1 N–H and O–H groups in total. The summed E-state index contributed by atoms with van der Waals surface area (Å²) < 4.78 is 20.3. The van der Waals surface area contributed by atoms with E-state index in [2.05, 4.69) is 15.6 Å². The minimum Gasteiger partial charge on any atom is -0.383 e. The van der Waals surface area contributed by atoms with Crippen LogP contribution < -0.4 is 10.2 Å². The lowest BCUT2D eigenvalue weighted by atomic mass is 10.0. The first kappa shape index (κ1) is 24.0. The van der Waals surface area contributed by atoms with Crippen LogP contribution in [-0.4, -0.2) is 47.1 Å². The third-order valence-corrected chi connectivity index (χ3v) is 5.58. The van der Waals surface area contributed by atoms with Gasteiger partial charge in [-0.15, -0.1) is 5.10 Å². The molecule has 0 spiro atoms. The van der Waals surface area contributed by atoms with Crippen molar-refractivity contribution >= 4 is 28.5 Å². The summed E-state index contributed by atoms with van der Waals surface area (Å²) in [6.45, 7) is 2.38. The fourth-order valence-corrected chi connectivity index (χ4v) is 3.82. The minimum atomic E-state index is -1.000. The van der Waals surface area contributed by atoms with Crippen LogP contribution in [0.3, 0.4) is 0 Å². The van der Waals surface area contributed by atoms with Crippen molar-refractivity contribution in [2.45, 2.75) is 19.5 Å². The third kappa shape index (κ3) is 5.52. The minimum absolute atomic E-state index is 0.161. The summed E-state index contributed by atoms with van der Waals surface area (Å²) in [7, 11) is 1.54. The van der Waals surface area contributed by atoms with Crippen LogP contribution >= 0.6 is 0 Å². The predicted octanol–water partition coefficient (Wildman–Crippen LogP) is 3.42. The number of aryl methyl sites for hydroxylation is 1. The summed E-state index contributed by atoms with van der Waals surface area (Å²) in [5.74, 6) is -1.23. The molecule has 4 rings (SSSR count). The van der Waals surface area contributed by atoms with Gasteiger partial charge in [-0.1, -0.05) is 47.2 Å². The number of benzene rings is 3. The summed E-state index contributed by atoms with van der Waals surface area (Å²) >= 11 is 0. The first-order valence-corrected chi connectivity index (χ1v) is 11.2. The molecule has 0 saturated carbocycles. The lowest BCUT2D eigenvalue weighted by Crippen LogP contribution is -2.46. The van der Waals surface area contributed by atoms with Gasteiger partial charge >= 0.3 is 0 Å². The number of para-hydroxylation sites is 1. The lowest BCUT2D eigenvalue weighted by molar-refractivity contribution is -0.127. The molecule has 0 saturated heterocycles. The maximum Gasteiger partial charge on any atom is 0.249 e. The normalized spacial score (nSPS) is 11.9. The molecule has 2 amide bonds. The monoisotopic (exact) mass is 475 g/mol. The second-order valence-corrected chi connectivity index (χ2v) is 8.07. The highest BCUT2D eigenvalue weighted by Crippen LogP contribution is 2.29. The van der Waals surface area contributed by atoms with Crippen LogP contribution in [0.4, 0.5) is 10.1 Å². The first-order valence-electron chi connectivity index (χ1n) is 11.2. The zero-order chi connectivity index (χ0) is 24.8. The topological polar surface area (TPSA) is 89.4 Å². The van der Waals surface area contributed by atoms with E-state index < -0.39 is 17.8 Å². The number of methoxy groups -OCH3 is 1. The standard InChI is InChI=1S/C26H26FN5O3/c1-18-7-9-19(10-8-18)25(26(34)28-15-16-35-2)32(21-13-11-20(27)12-14-21)24(33)17-31-23-6-4-3-5-22(23)29-30-31/h3-14,25H,15-17H2,1-2H3,(H,28,34)/t25-/m0/s1. The number of hydrogen-bond donors (Lipinski definition) is 1. The molecule has 0 aliphatic heterocycles. The number of nitrogens with one attached hydrogen (secondary N) is 1. The van der Waals surface area contributed by atoms with Gasteiger partial charge in [0.15, 0.2) is 0 Å². The average molecular weight is 476 g/mol. The number of carbonyl (C=O) groups excluding carboxylic acids is 2. The number of carbonyl (C=O) groups is 2. The van der Waals surface area contributed by atoms with Gasteiger partial charge in [-0.05, 0) is 48.9 Å². The van der Waals surface area contributed by atoms with Crippen LogP contribution in [0, 0.1) is 12.7 Å². The summed E-state index contributed by atoms with van der Waals surface area (Å²) in [5, 5.41) is 11.1. The Hall–Kier alpha value is -4.11. The van der Waals surface area contributed by atoms with E-state index in [-0.39, 0.29) is 19.0 Å². The van der Waals surface area contributed by atoms with Crippen molar-refractivity contribution in [2.24, 2.45) is 0 Å². The lowest BCUT2D eigenvalue weighted by Gasteiger charge is -2.31. The molecule has 180 valence electrons. The van der Waals surface area contributed by atoms with E-state index in [0.29, 0.717) is 28.9 Å². The van der Waals surface area contributed by atoms with E-state index in [0.717, 1.165) is 5.56 Å². The maximum absolute atomic E-state index is 13.8. The number of amides is 2. The van der Waals surface area contributed by atoms with Crippen LogP contribution in [0.1, 0.15) is 17.2 Å². The molecule has 0 radical (unpaired) electrons. The van der Waals surface area contributed by atoms with E-state index >= 15 is 0 Å². The maximum atomic E-state index is 13.8. The molecule has 0 bridgehead atoms. The molecule has 8 nitrogen and oxygen atoms in total. The van der Waals surface area contributed by atoms with Crippen LogP contribution in [0.25, 0.3) is 11.0 Å². The van der Waals surface area contributed by atoms with Crippen molar-refractivity contribution in [3.63, 3.8) is 0 Å². The van der Waals surface area contributed by atoms with Gasteiger partial charge in [0.1, 0.15) is 23.9 Å². The number of aromatic nitrogens is 3. The van der Waals surface area contributed by atoms with Gasteiger partial charge in [0.25, 0.3) is 0 Å². The van der Waals surface area contributed by atoms with Crippen LogP contribution in [0.15, 0.2) is 72.8 Å². The largest absolute Gasteiger partial charge is 0.383 e. The summed E-state index contributed by atoms with van der Waals surface area (Å²) in [4.78, 5) is 28.6. The molecule has 0 unspecified atom stereocenters. The first-order chi connectivity index (χ1) is 17.0. The number of nitrogens with zero attached hydrogens (tertiary/aromatic N) is 4. The van der Waals surface area contributed by atoms with Crippen LogP contribution in [0.5, 0.6) is 0 Å². The molecule has 4 aromatic rings. The Morgan fingerprint density at radius 2 is 1.77 bits per heavy atom. The Morgan fingerprint density at radius 1 is 1.06 bits per heavy atom. The van der Waals surface area contributed by atoms with E-state index in [4.69, 9.17) is 4.74 Å². The van der Waals surface area contributed by atoms with Gasteiger partial charge in [-0.2, -0.15) is 0 Å². The highest BCUT2D eigenvalue weighted by molar-refractivity contribution is 6.01. The zero-order valence-corrected chi connectivity index (χ0v) is 19.5. The molecular formula is C26H26FN5O3. The number of anilines is 1. The van der Waals surface area contributed by atoms with Gasteiger partial charge < -0.3 is 10.1 Å². The fourth-order valence-electron chi connectivity index (χ4n) is 3.82. The summed E-state index contributed by atoms with van der Waals surface area (Å²) in [6, 6.07) is 19.2. The van der Waals surface area contributed by atoms with Crippen molar-refractivity contribution in [3.8, 4) is 0 Å². The van der Waals surface area contributed by atoms with E-state index in [1.54, 1.807) is 13.2 Å². The average Bonchev–Trinajstić information content (AvgIpc) is 3.27. The van der Waals surface area contributed by atoms with Crippen molar-refractivity contribution in [2.75, 3.05) is 25.2 Å². The highest BCUT2D eigenvalue weighted by atomic mass is 19.1. The second-order valence-electron chi connectivity index (χ2n) is 8.07. The van der Waals surface area contributed by atoms with Gasteiger partial charge in [0, 0.05) is 19.3 Å². The Balaban J connectivity index is 1.76. The van der Waals surface area contributed by atoms with E-state index in [9.17, 15) is 14.0 Å². The number of fused-ring (bicyclic) bond motifs is 1. The van der Waals surface area contributed by atoms with Gasteiger partial charge in [0.2, 0.25) is 11.8 Å². The molecule has 1 atom stereocenters. The number of ether oxygens (including phenoxy) is 1. The molecule has 35 heavy (non-hydrogen) atoms. The Labute approximate surface area is 202 Å². The van der Waals surface area contributed by atoms with Gasteiger partial charge in [-0.3, -0.25) is 14.5 Å². The molecular weight excluding hydrogens is 449 g/mol. The highest BCUT2D eigenvalue weighted by Gasteiger charge is 2.33. The number of hydrogen-bond acceptors (Lipinski definition) is 5. The van der Waals surface area contributed by atoms with Crippen LogP contribution in [0.2, 0.25) is 0 Å². The summed E-state index contributed by atoms with van der Waals surface area (Å²) in [5.41, 5.74) is 3.36. The molecule has 0 aliphatic carbocycles. The molecule has 9 heteroatoms. The van der Waals surface area contributed by atoms with Crippen molar-refractivity contribution in [1.82, 2.24) is 20.3 Å². The molecule has 1 heterocycles. The number of halogens is 1. The molecule has 0 fully saturated rings. The molecule has 0 aliphatic rings. The predicted molar refractivity (Wildman–Crippen MR) is 130 cm³/mol. The second kappa shape index (κ2) is 10.9. The van der Waals surface area contributed by atoms with Crippen molar-refractivity contribution in [3.05, 3.63) is 89.7 Å². The fraction of sp³-hybridized carbons (Fsp3) is 0.231. The van der Waals surface area contributed by atoms with E-state index in [1.807, 2.05) is 49.4 Å². The zero-order valence-electron chi connectivity index (χ0n) is 19.5. The number of rotatable bonds is 9. The summed E-state index contributed by atoms with van der Waals surface area (Å²) in [6.07, 6.45) is 0. The molecule has 1 aromatic heterocycles. The van der Waals surface area contributed by atoms with E-state index in [1.165, 1.54) is 33.8 Å². The third-order valence-electron chi connectivity index (χ3n) is 5.58. The SMILES string of the molecule is COCCNC(=O)[C@H](c1ccc(C)cc1)N(C(=O)Cn1nnc2ccccc21)c1ccc(F)cc1. The molecule has 3 aromatic carbocycles. The quantitative estimate of drug-likeness (QED) is 0.375. The van der Waals surface area contributed by atoms with Crippen molar-refractivity contribution < 1.29 is 18.7 Å². The smallest absolute Gasteiger partial charge is 0.249 e.